The first-order valence-electron chi connectivity index (χ1n) is 9.58. The van der Waals surface area contributed by atoms with Crippen LogP contribution in [0.25, 0.3) is 0 Å². The van der Waals surface area contributed by atoms with Crippen molar-refractivity contribution < 1.29 is 9.59 Å². The van der Waals surface area contributed by atoms with Gasteiger partial charge in [0.2, 0.25) is 11.0 Å². The zero-order valence-electron chi connectivity index (χ0n) is 16.6. The number of urea groups is 1. The van der Waals surface area contributed by atoms with Crippen molar-refractivity contribution in [2.45, 2.75) is 32.1 Å². The summed E-state index contributed by atoms with van der Waals surface area (Å²) in [5, 5.41) is 12.7. The number of carbonyl (C=O) groups excluding carboxylic acids is 2. The minimum absolute atomic E-state index is 0.0504. The van der Waals surface area contributed by atoms with Gasteiger partial charge >= 0.3 is 6.03 Å². The third-order valence-corrected chi connectivity index (χ3v) is 5.85. The summed E-state index contributed by atoms with van der Waals surface area (Å²) in [5.41, 5.74) is 1.26. The molecular formula is C20H27N5O2S. The molecule has 0 aliphatic carbocycles. The number of aromatic nitrogens is 2. The molecule has 1 N–H and O–H groups in total. The highest BCUT2D eigenvalue weighted by molar-refractivity contribution is 7.15. The van der Waals surface area contributed by atoms with E-state index >= 15 is 0 Å². The van der Waals surface area contributed by atoms with E-state index in [4.69, 9.17) is 0 Å². The fraction of sp³-hybridized carbons (Fsp3) is 0.500. The van der Waals surface area contributed by atoms with Crippen LogP contribution in [0, 0.1) is 5.92 Å². The third-order valence-electron chi connectivity index (χ3n) is 4.99. The predicted molar refractivity (Wildman–Crippen MR) is 110 cm³/mol. The Morgan fingerprint density at radius 1 is 1.29 bits per heavy atom. The van der Waals surface area contributed by atoms with Crippen molar-refractivity contribution in [3.63, 3.8) is 0 Å². The smallest absolute Gasteiger partial charge is 0.319 e. The average molecular weight is 402 g/mol. The molecule has 1 aliphatic heterocycles. The minimum atomic E-state index is -0.215. The number of benzene rings is 1. The number of piperidine rings is 1. The van der Waals surface area contributed by atoms with Gasteiger partial charge in [-0.25, -0.2) is 4.79 Å². The lowest BCUT2D eigenvalue weighted by Crippen LogP contribution is -2.47. The molecule has 1 aromatic heterocycles. The van der Waals surface area contributed by atoms with Crippen LogP contribution >= 0.6 is 11.3 Å². The van der Waals surface area contributed by atoms with Crippen molar-refractivity contribution in [3.8, 4) is 0 Å². The van der Waals surface area contributed by atoms with Crippen LogP contribution in [0.5, 0.6) is 0 Å². The summed E-state index contributed by atoms with van der Waals surface area (Å²) in [6, 6.07) is 10.2. The summed E-state index contributed by atoms with van der Waals surface area (Å²) >= 11 is 1.42. The molecule has 1 fully saturated rings. The van der Waals surface area contributed by atoms with E-state index in [1.165, 1.54) is 16.9 Å². The zero-order chi connectivity index (χ0) is 20.1. The molecular weight excluding hydrogens is 374 g/mol. The molecule has 2 unspecified atom stereocenters. The van der Waals surface area contributed by atoms with Crippen molar-refractivity contribution in [2.75, 3.05) is 32.5 Å². The second-order valence-corrected chi connectivity index (χ2v) is 8.53. The fourth-order valence-electron chi connectivity index (χ4n) is 3.40. The van der Waals surface area contributed by atoms with E-state index in [1.54, 1.807) is 23.9 Å². The van der Waals surface area contributed by atoms with Crippen LogP contribution in [-0.4, -0.2) is 59.1 Å². The number of amides is 3. The maximum absolute atomic E-state index is 12.6. The standard InChI is InChI=1S/C20H27N5O2S/c1-14(15-8-5-4-6-9-15)12-17-22-23-19(28-17)21-18(26)16-10-7-11-25(13-16)20(27)24(2)3/h4-6,8-9,14,16H,7,10-13H2,1-3H3,(H,21,23,26). The monoisotopic (exact) mass is 401 g/mol. The zero-order valence-corrected chi connectivity index (χ0v) is 17.4. The van der Waals surface area contributed by atoms with Crippen molar-refractivity contribution >= 4 is 28.4 Å². The largest absolute Gasteiger partial charge is 0.331 e. The predicted octanol–water partition coefficient (Wildman–Crippen LogP) is 3.22. The van der Waals surface area contributed by atoms with E-state index in [-0.39, 0.29) is 17.9 Å². The van der Waals surface area contributed by atoms with Gasteiger partial charge in [0.25, 0.3) is 0 Å². The lowest BCUT2D eigenvalue weighted by atomic mass is 9.97. The molecule has 0 bridgehead atoms. The maximum atomic E-state index is 12.6. The first kappa shape index (κ1) is 20.3. The molecule has 2 heterocycles. The molecule has 0 spiro atoms. The van der Waals surface area contributed by atoms with Crippen LogP contribution in [0.3, 0.4) is 0 Å². The number of hydrogen-bond donors (Lipinski definition) is 1. The second-order valence-electron chi connectivity index (χ2n) is 7.47. The lowest BCUT2D eigenvalue weighted by molar-refractivity contribution is -0.121. The normalized spacial score (nSPS) is 17.8. The number of hydrogen-bond acceptors (Lipinski definition) is 5. The summed E-state index contributed by atoms with van der Waals surface area (Å²) in [7, 11) is 3.45. The molecule has 2 atom stereocenters. The Morgan fingerprint density at radius 3 is 2.75 bits per heavy atom. The van der Waals surface area contributed by atoms with Crippen LogP contribution in [0.1, 0.15) is 36.3 Å². The third kappa shape index (κ3) is 5.07. The van der Waals surface area contributed by atoms with Gasteiger partial charge in [-0.15, -0.1) is 10.2 Å². The minimum Gasteiger partial charge on any atom is -0.331 e. The summed E-state index contributed by atoms with van der Waals surface area (Å²) in [6.45, 7) is 3.30. The van der Waals surface area contributed by atoms with Crippen molar-refractivity contribution in [2.24, 2.45) is 5.92 Å². The molecule has 0 radical (unpaired) electrons. The van der Waals surface area contributed by atoms with Crippen LogP contribution < -0.4 is 5.32 Å². The van der Waals surface area contributed by atoms with E-state index in [0.29, 0.717) is 24.1 Å². The molecule has 28 heavy (non-hydrogen) atoms. The average Bonchev–Trinajstić information content (AvgIpc) is 3.14. The highest BCUT2D eigenvalue weighted by Gasteiger charge is 2.29. The molecule has 1 aromatic carbocycles. The van der Waals surface area contributed by atoms with Gasteiger partial charge in [0, 0.05) is 33.6 Å². The number of nitrogens with one attached hydrogen (secondary N) is 1. The molecule has 3 amide bonds. The van der Waals surface area contributed by atoms with Gasteiger partial charge in [0.15, 0.2) is 0 Å². The SMILES string of the molecule is CC(Cc1nnc(NC(=O)C2CCCN(C(=O)N(C)C)C2)s1)c1ccccc1. The van der Waals surface area contributed by atoms with E-state index in [9.17, 15) is 9.59 Å². The van der Waals surface area contributed by atoms with Crippen molar-refractivity contribution in [1.29, 1.82) is 0 Å². The van der Waals surface area contributed by atoms with E-state index in [2.05, 4.69) is 34.6 Å². The summed E-state index contributed by atoms with van der Waals surface area (Å²) < 4.78 is 0. The Kier molecular flexibility index (Phi) is 6.61. The molecule has 8 heteroatoms. The highest BCUT2D eigenvalue weighted by atomic mass is 32.1. The summed E-state index contributed by atoms with van der Waals surface area (Å²) in [4.78, 5) is 28.1. The fourth-order valence-corrected chi connectivity index (χ4v) is 4.27. The first-order chi connectivity index (χ1) is 13.4. The number of carbonyl (C=O) groups is 2. The first-order valence-corrected chi connectivity index (χ1v) is 10.4. The number of likely N-dealkylation sites (tertiary alicyclic amines) is 1. The van der Waals surface area contributed by atoms with Gasteiger partial charge in [-0.3, -0.25) is 4.79 Å². The van der Waals surface area contributed by atoms with E-state index < -0.39 is 0 Å². The molecule has 3 rings (SSSR count). The van der Waals surface area contributed by atoms with E-state index in [1.807, 2.05) is 18.2 Å². The van der Waals surface area contributed by atoms with Gasteiger partial charge in [0.1, 0.15) is 5.01 Å². The van der Waals surface area contributed by atoms with Gasteiger partial charge in [-0.05, 0) is 24.3 Å². The van der Waals surface area contributed by atoms with Gasteiger partial charge in [-0.2, -0.15) is 0 Å². The van der Waals surface area contributed by atoms with Crippen LogP contribution in [0.2, 0.25) is 0 Å². The lowest BCUT2D eigenvalue weighted by Gasteiger charge is -2.33. The molecule has 7 nitrogen and oxygen atoms in total. The Balaban J connectivity index is 1.55. The molecule has 1 aliphatic rings. The number of anilines is 1. The molecule has 1 saturated heterocycles. The molecule has 150 valence electrons. The topological polar surface area (TPSA) is 78.4 Å². The second kappa shape index (κ2) is 9.14. The Bertz CT molecular complexity index is 808. The van der Waals surface area contributed by atoms with Gasteiger partial charge < -0.3 is 15.1 Å². The van der Waals surface area contributed by atoms with Crippen LogP contribution in [-0.2, 0) is 11.2 Å². The quantitative estimate of drug-likeness (QED) is 0.834. The Labute approximate surface area is 169 Å². The Hall–Kier alpha value is -2.48. The van der Waals surface area contributed by atoms with Gasteiger partial charge in [0.05, 0.1) is 5.92 Å². The number of rotatable bonds is 5. The molecule has 0 saturated carbocycles. The van der Waals surface area contributed by atoms with Crippen LogP contribution in [0.4, 0.5) is 9.93 Å². The van der Waals surface area contributed by atoms with Gasteiger partial charge in [-0.1, -0.05) is 48.6 Å². The van der Waals surface area contributed by atoms with E-state index in [0.717, 1.165) is 24.3 Å². The summed E-state index contributed by atoms with van der Waals surface area (Å²) in [6.07, 6.45) is 2.39. The highest BCUT2D eigenvalue weighted by Crippen LogP contribution is 2.25. The maximum Gasteiger partial charge on any atom is 0.319 e. The van der Waals surface area contributed by atoms with Crippen molar-refractivity contribution in [1.82, 2.24) is 20.0 Å². The van der Waals surface area contributed by atoms with Crippen molar-refractivity contribution in [3.05, 3.63) is 40.9 Å². The summed E-state index contributed by atoms with van der Waals surface area (Å²) in [5.74, 6) is 0.0324. The molecule has 2 aromatic rings. The number of nitrogens with zero attached hydrogens (tertiary/aromatic N) is 4. The Morgan fingerprint density at radius 2 is 2.04 bits per heavy atom. The van der Waals surface area contributed by atoms with Crippen LogP contribution in [0.15, 0.2) is 30.3 Å².